The zero-order valence-electron chi connectivity index (χ0n) is 23.9. The number of nitrogens with zero attached hydrogens (tertiary/aromatic N) is 3. The number of pyridine rings is 1. The topological polar surface area (TPSA) is 196 Å². The Balaban J connectivity index is 1.19. The molecule has 5 rings (SSSR count). The maximum atomic E-state index is 13.4. The van der Waals surface area contributed by atoms with Gasteiger partial charge in [-0.05, 0) is 50.6 Å². The van der Waals surface area contributed by atoms with Crippen molar-refractivity contribution >= 4 is 37.0 Å². The Morgan fingerprint density at radius 2 is 1.91 bits per heavy atom. The van der Waals surface area contributed by atoms with Crippen LogP contribution in [0.3, 0.4) is 0 Å². The van der Waals surface area contributed by atoms with Gasteiger partial charge in [0.15, 0.2) is 0 Å². The van der Waals surface area contributed by atoms with Crippen LogP contribution in [0.25, 0.3) is 10.9 Å². The fourth-order valence-electron chi connectivity index (χ4n) is 5.64. The molecule has 2 aromatic carbocycles. The first-order chi connectivity index (χ1) is 20.8. The van der Waals surface area contributed by atoms with E-state index in [-0.39, 0.29) is 54.1 Å². The molecule has 1 spiro atoms. The number of aliphatic hydroxyl groups excluding tert-OH is 1. The van der Waals surface area contributed by atoms with Gasteiger partial charge in [-0.15, -0.1) is 0 Å². The predicted octanol–water partition coefficient (Wildman–Crippen LogP) is 1.58. The number of aromatic nitrogens is 1. The van der Waals surface area contributed by atoms with Crippen LogP contribution < -0.4 is 9.46 Å². The molecule has 44 heavy (non-hydrogen) atoms. The molecule has 0 aliphatic carbocycles. The van der Waals surface area contributed by atoms with Gasteiger partial charge in [0.1, 0.15) is 29.1 Å². The number of carboxylic acid groups (broad SMARTS) is 1. The summed E-state index contributed by atoms with van der Waals surface area (Å²) in [6.07, 6.45) is -0.378. The van der Waals surface area contributed by atoms with Crippen LogP contribution in [0.2, 0.25) is 0 Å². The second-order valence-corrected chi connectivity index (χ2v) is 14.6. The summed E-state index contributed by atoms with van der Waals surface area (Å²) in [5.41, 5.74) is -0.268. The number of ether oxygens (including phenoxy) is 2. The lowest BCUT2D eigenvalue weighted by molar-refractivity contribution is -0.0319. The van der Waals surface area contributed by atoms with E-state index in [0.717, 1.165) is 11.1 Å². The van der Waals surface area contributed by atoms with E-state index in [4.69, 9.17) is 9.47 Å². The Hall–Kier alpha value is -3.54. The van der Waals surface area contributed by atoms with Crippen molar-refractivity contribution in [1.29, 1.82) is 0 Å². The molecule has 238 valence electrons. The number of aromatic hydroxyl groups is 1. The van der Waals surface area contributed by atoms with E-state index in [9.17, 15) is 36.9 Å². The summed E-state index contributed by atoms with van der Waals surface area (Å²) in [5, 5.41) is 31.5. The van der Waals surface area contributed by atoms with Crippen molar-refractivity contribution in [2.24, 2.45) is 0 Å². The Morgan fingerprint density at radius 1 is 1.18 bits per heavy atom. The largest absolute Gasteiger partial charge is 0.506 e. The number of amides is 1. The maximum absolute atomic E-state index is 13.4. The van der Waals surface area contributed by atoms with Gasteiger partial charge >= 0.3 is 6.09 Å². The molecule has 16 heteroatoms. The highest BCUT2D eigenvalue weighted by molar-refractivity contribution is 7.89. The summed E-state index contributed by atoms with van der Waals surface area (Å²) >= 11 is 0. The molecule has 1 aromatic heterocycles. The highest BCUT2D eigenvalue weighted by Gasteiger charge is 2.47. The summed E-state index contributed by atoms with van der Waals surface area (Å²) in [6, 6.07) is 11.8. The number of hydrogen-bond acceptors (Lipinski definition) is 10. The van der Waals surface area contributed by atoms with Gasteiger partial charge in [0.2, 0.25) is 20.0 Å². The van der Waals surface area contributed by atoms with Crippen LogP contribution in [0, 0.1) is 0 Å². The van der Waals surface area contributed by atoms with Crippen molar-refractivity contribution in [1.82, 2.24) is 18.9 Å². The number of hydrogen-bond donors (Lipinski definition) is 4. The van der Waals surface area contributed by atoms with Crippen molar-refractivity contribution in [3.63, 3.8) is 0 Å². The first-order valence-electron chi connectivity index (χ1n) is 13.9. The average Bonchev–Trinajstić information content (AvgIpc) is 3.41. The number of benzene rings is 2. The second kappa shape index (κ2) is 12.5. The maximum Gasteiger partial charge on any atom is 0.407 e. The van der Waals surface area contributed by atoms with Crippen LogP contribution in [0.1, 0.15) is 19.3 Å². The fourth-order valence-corrected chi connectivity index (χ4v) is 7.89. The van der Waals surface area contributed by atoms with E-state index in [1.807, 2.05) is 0 Å². The number of fused-ring (bicyclic) bond motifs is 1. The van der Waals surface area contributed by atoms with Crippen LogP contribution in [-0.4, -0.2) is 110 Å². The van der Waals surface area contributed by atoms with E-state index in [1.54, 1.807) is 24.3 Å². The lowest BCUT2D eigenvalue weighted by atomic mass is 9.88. The zero-order chi connectivity index (χ0) is 31.7. The van der Waals surface area contributed by atoms with E-state index in [0.29, 0.717) is 30.2 Å². The zero-order valence-corrected chi connectivity index (χ0v) is 25.5. The smallest absolute Gasteiger partial charge is 0.407 e. The summed E-state index contributed by atoms with van der Waals surface area (Å²) in [6.45, 7) is -0.274. The lowest BCUT2D eigenvalue weighted by Crippen LogP contribution is -2.48. The monoisotopic (exact) mass is 650 g/mol. The number of piperidine rings is 1. The normalized spacial score (nSPS) is 19.6. The molecule has 2 atom stereocenters. The van der Waals surface area contributed by atoms with Gasteiger partial charge in [-0.2, -0.15) is 4.31 Å². The predicted molar refractivity (Wildman–Crippen MR) is 157 cm³/mol. The van der Waals surface area contributed by atoms with E-state index in [1.165, 1.54) is 35.6 Å². The minimum Gasteiger partial charge on any atom is -0.506 e. The number of para-hydroxylation sites is 1. The molecule has 0 radical (unpaired) electrons. The molecule has 2 aliphatic rings. The Bertz CT molecular complexity index is 1740. The number of rotatable bonds is 10. The third-order valence-electron chi connectivity index (χ3n) is 8.08. The van der Waals surface area contributed by atoms with Crippen molar-refractivity contribution in [2.75, 3.05) is 39.9 Å². The van der Waals surface area contributed by atoms with Gasteiger partial charge in [0.05, 0.1) is 41.4 Å². The molecule has 2 fully saturated rings. The molecule has 2 saturated heterocycles. The van der Waals surface area contributed by atoms with Crippen LogP contribution in [0.4, 0.5) is 4.79 Å². The van der Waals surface area contributed by atoms with E-state index < -0.39 is 43.9 Å². The minimum atomic E-state index is -4.05. The number of aliphatic hydroxyl groups is 1. The molecule has 3 aromatic rings. The van der Waals surface area contributed by atoms with Crippen molar-refractivity contribution in [3.05, 3.63) is 54.7 Å². The number of carbonyl (C=O) groups is 1. The highest BCUT2D eigenvalue weighted by Crippen LogP contribution is 2.40. The van der Waals surface area contributed by atoms with Crippen LogP contribution in [-0.2, 0) is 24.8 Å². The van der Waals surface area contributed by atoms with Crippen LogP contribution in [0.15, 0.2) is 64.5 Å². The molecule has 4 N–H and O–H groups in total. The standard InChI is InChI=1S/C28H34N4O10S2/c1-29-43(37,38)22-6-4-5-21(13-22)41-18-20(33)16-32(27(35)36)19-14-28(42-17-19)9-11-31(12-10-28)44(39,40)25-15-30-24-8-3-2-7-23(24)26(25)34/h2-8,13,15,19-20,29,33H,9-12,14,16-18H2,1H3,(H,30,34)(H,35,36)/t19-,20+/m1/s1. The molecular weight excluding hydrogens is 616 g/mol. The first kappa shape index (κ1) is 31.9. The van der Waals surface area contributed by atoms with E-state index in [2.05, 4.69) is 9.71 Å². The first-order valence-corrected chi connectivity index (χ1v) is 16.8. The van der Waals surface area contributed by atoms with Gasteiger partial charge in [-0.25, -0.2) is 26.4 Å². The van der Waals surface area contributed by atoms with Gasteiger partial charge in [0.25, 0.3) is 0 Å². The van der Waals surface area contributed by atoms with Crippen molar-refractivity contribution in [2.45, 2.75) is 46.8 Å². The molecule has 0 unspecified atom stereocenters. The molecule has 3 heterocycles. The number of nitrogens with one attached hydrogen (secondary N) is 1. The van der Waals surface area contributed by atoms with Crippen LogP contribution in [0.5, 0.6) is 11.5 Å². The minimum absolute atomic E-state index is 0.0165. The molecule has 1 amide bonds. The Labute approximate surface area is 254 Å². The van der Waals surface area contributed by atoms with Gasteiger partial charge in [-0.3, -0.25) is 4.98 Å². The fraction of sp³-hybridized carbons (Fsp3) is 0.429. The lowest BCUT2D eigenvalue weighted by Gasteiger charge is -2.38. The quantitative estimate of drug-likeness (QED) is 0.249. The summed E-state index contributed by atoms with van der Waals surface area (Å²) in [5.74, 6) is -0.164. The average molecular weight is 651 g/mol. The number of sulfonamides is 2. The molecule has 0 bridgehead atoms. The molecule has 0 saturated carbocycles. The molecular formula is C28H34N4O10S2. The highest BCUT2D eigenvalue weighted by atomic mass is 32.2. The molecule has 14 nitrogen and oxygen atoms in total. The van der Waals surface area contributed by atoms with Gasteiger partial charge in [-0.1, -0.05) is 18.2 Å². The summed E-state index contributed by atoms with van der Waals surface area (Å²) in [4.78, 5) is 17.1. The van der Waals surface area contributed by atoms with Crippen molar-refractivity contribution < 1.29 is 46.4 Å². The van der Waals surface area contributed by atoms with Crippen LogP contribution >= 0.6 is 0 Å². The van der Waals surface area contributed by atoms with E-state index >= 15 is 0 Å². The summed E-state index contributed by atoms with van der Waals surface area (Å²) < 4.78 is 66.0. The third-order valence-corrected chi connectivity index (χ3v) is 11.4. The SMILES string of the molecule is CNS(=O)(=O)c1cccc(OC[C@@H](O)CN(C(=O)O)[C@H]2COC3(CCN(S(=O)(=O)c4cnc5ccccc5c4O)CC3)C2)c1. The third kappa shape index (κ3) is 6.45. The van der Waals surface area contributed by atoms with Gasteiger partial charge < -0.3 is 29.7 Å². The Kier molecular flexibility index (Phi) is 9.02. The summed E-state index contributed by atoms with van der Waals surface area (Å²) in [7, 11) is -6.46. The second-order valence-electron chi connectivity index (χ2n) is 10.8. The van der Waals surface area contributed by atoms with Gasteiger partial charge in [0, 0.05) is 24.5 Å². The van der Waals surface area contributed by atoms with Crippen molar-refractivity contribution in [3.8, 4) is 11.5 Å². The molecule has 2 aliphatic heterocycles. The Morgan fingerprint density at radius 3 is 2.61 bits per heavy atom.